The molecule has 0 aromatic carbocycles. The third-order valence-corrected chi connectivity index (χ3v) is 0.815. The number of hydrazone groups is 1. The molecule has 0 fully saturated rings. The number of amidine groups is 1. The maximum Gasteiger partial charge on any atom is 0.312 e. The Labute approximate surface area is 65.8 Å². The van der Waals surface area contributed by atoms with Crippen LogP contribution in [0.25, 0.3) is 0 Å². The SMILES string of the molecule is CCN/N=C(/NC(C)=O)OC. The van der Waals surface area contributed by atoms with Crippen molar-refractivity contribution < 1.29 is 9.53 Å². The largest absolute Gasteiger partial charge is 0.467 e. The molecular weight excluding hydrogens is 146 g/mol. The Morgan fingerprint density at radius 3 is 2.64 bits per heavy atom. The van der Waals surface area contributed by atoms with Gasteiger partial charge in [-0.05, 0) is 6.92 Å². The Hall–Kier alpha value is -1.26. The highest BCUT2D eigenvalue weighted by Crippen LogP contribution is 1.72. The number of carbonyl (C=O) groups excluding carboxylic acids is 1. The third-order valence-electron chi connectivity index (χ3n) is 0.815. The molecule has 0 aliphatic carbocycles. The Kier molecular flexibility index (Phi) is 4.89. The molecule has 5 nitrogen and oxygen atoms in total. The van der Waals surface area contributed by atoms with Crippen molar-refractivity contribution in [1.29, 1.82) is 0 Å². The molecule has 0 aromatic rings. The van der Waals surface area contributed by atoms with Crippen molar-refractivity contribution in [3.63, 3.8) is 0 Å². The molecule has 0 spiro atoms. The highest BCUT2D eigenvalue weighted by atomic mass is 16.5. The second kappa shape index (κ2) is 5.52. The lowest BCUT2D eigenvalue weighted by molar-refractivity contribution is -0.117. The minimum Gasteiger partial charge on any atom is -0.467 e. The molecule has 0 rings (SSSR count). The van der Waals surface area contributed by atoms with E-state index in [1.54, 1.807) is 0 Å². The summed E-state index contributed by atoms with van der Waals surface area (Å²) in [5.41, 5.74) is 2.65. The molecule has 0 aliphatic heterocycles. The highest BCUT2D eigenvalue weighted by Gasteiger charge is 1.98. The molecule has 0 bridgehead atoms. The predicted molar refractivity (Wildman–Crippen MR) is 41.9 cm³/mol. The van der Waals surface area contributed by atoms with Crippen LogP contribution in [0.2, 0.25) is 0 Å². The van der Waals surface area contributed by atoms with Gasteiger partial charge in [0.05, 0.1) is 7.11 Å². The molecule has 0 saturated heterocycles. The summed E-state index contributed by atoms with van der Waals surface area (Å²) in [6, 6.07) is 0.180. The normalized spacial score (nSPS) is 10.6. The van der Waals surface area contributed by atoms with Crippen molar-refractivity contribution in [3.05, 3.63) is 0 Å². The Bertz CT molecular complexity index is 156. The van der Waals surface area contributed by atoms with Crippen LogP contribution in [0.5, 0.6) is 0 Å². The minimum absolute atomic E-state index is 0.180. The zero-order valence-corrected chi connectivity index (χ0v) is 6.97. The number of nitrogens with zero attached hydrogens (tertiary/aromatic N) is 1. The van der Waals surface area contributed by atoms with Crippen molar-refractivity contribution in [2.45, 2.75) is 13.8 Å². The summed E-state index contributed by atoms with van der Waals surface area (Å²) >= 11 is 0. The highest BCUT2D eigenvalue weighted by molar-refractivity contribution is 5.92. The lowest BCUT2D eigenvalue weighted by Gasteiger charge is -2.03. The zero-order valence-electron chi connectivity index (χ0n) is 6.97. The molecule has 0 unspecified atom stereocenters. The summed E-state index contributed by atoms with van der Waals surface area (Å²) in [4.78, 5) is 10.5. The van der Waals surface area contributed by atoms with Crippen LogP contribution in [0.4, 0.5) is 0 Å². The molecule has 0 aromatic heterocycles. The Morgan fingerprint density at radius 1 is 1.64 bits per heavy atom. The van der Waals surface area contributed by atoms with Crippen molar-refractivity contribution >= 4 is 11.9 Å². The molecule has 64 valence electrons. The molecule has 0 aliphatic rings. The van der Waals surface area contributed by atoms with Crippen molar-refractivity contribution in [2.24, 2.45) is 5.10 Å². The van der Waals surface area contributed by atoms with Crippen molar-refractivity contribution in [2.75, 3.05) is 13.7 Å². The summed E-state index contributed by atoms with van der Waals surface area (Å²) in [7, 11) is 1.44. The van der Waals surface area contributed by atoms with Crippen molar-refractivity contribution in [3.8, 4) is 0 Å². The van der Waals surface area contributed by atoms with E-state index in [4.69, 9.17) is 4.74 Å². The molecule has 11 heavy (non-hydrogen) atoms. The molecule has 0 radical (unpaired) electrons. The average molecular weight is 159 g/mol. The van der Waals surface area contributed by atoms with E-state index in [1.807, 2.05) is 6.92 Å². The maximum atomic E-state index is 10.5. The summed E-state index contributed by atoms with van der Waals surface area (Å²) < 4.78 is 4.72. The first kappa shape index (κ1) is 9.74. The number of rotatable bonds is 2. The van der Waals surface area contributed by atoms with Gasteiger partial charge in [-0.15, -0.1) is 5.10 Å². The van der Waals surface area contributed by atoms with Gasteiger partial charge in [0.1, 0.15) is 0 Å². The van der Waals surface area contributed by atoms with Gasteiger partial charge >= 0.3 is 6.02 Å². The molecule has 5 heteroatoms. The van der Waals surface area contributed by atoms with E-state index < -0.39 is 0 Å². The van der Waals surface area contributed by atoms with E-state index in [1.165, 1.54) is 14.0 Å². The first-order valence-electron chi connectivity index (χ1n) is 3.32. The fourth-order valence-electron chi connectivity index (χ4n) is 0.426. The monoisotopic (exact) mass is 159 g/mol. The standard InChI is InChI=1S/C6H13N3O2/c1-4-7-9-6(11-3)8-5(2)10/h7H,4H2,1-3H3,(H,8,9,10). The van der Waals surface area contributed by atoms with E-state index in [9.17, 15) is 4.79 Å². The number of carbonyl (C=O) groups is 1. The van der Waals surface area contributed by atoms with E-state index in [0.717, 1.165) is 0 Å². The minimum atomic E-state index is -0.205. The summed E-state index contributed by atoms with van der Waals surface area (Å²) in [5, 5.41) is 6.10. The smallest absolute Gasteiger partial charge is 0.312 e. The average Bonchev–Trinajstić information content (AvgIpc) is 1.97. The molecule has 0 atom stereocenters. The first-order valence-corrected chi connectivity index (χ1v) is 3.32. The fraction of sp³-hybridized carbons (Fsp3) is 0.667. The van der Waals surface area contributed by atoms with E-state index in [-0.39, 0.29) is 11.9 Å². The van der Waals surface area contributed by atoms with Crippen LogP contribution >= 0.6 is 0 Å². The van der Waals surface area contributed by atoms with Gasteiger partial charge in [-0.3, -0.25) is 10.1 Å². The van der Waals surface area contributed by atoms with E-state index in [0.29, 0.717) is 6.54 Å². The van der Waals surface area contributed by atoms with E-state index >= 15 is 0 Å². The van der Waals surface area contributed by atoms with Gasteiger partial charge in [-0.2, -0.15) is 0 Å². The molecule has 0 saturated carbocycles. The molecule has 2 N–H and O–H groups in total. The Morgan fingerprint density at radius 2 is 2.27 bits per heavy atom. The van der Waals surface area contributed by atoms with Crippen LogP contribution in [0.1, 0.15) is 13.8 Å². The van der Waals surface area contributed by atoms with E-state index in [2.05, 4.69) is 15.8 Å². The van der Waals surface area contributed by atoms with Crippen LogP contribution in [0, 0.1) is 0 Å². The van der Waals surface area contributed by atoms with Gasteiger partial charge in [0.25, 0.3) is 0 Å². The number of amides is 1. The van der Waals surface area contributed by atoms with Crippen LogP contribution in [-0.2, 0) is 9.53 Å². The fourth-order valence-corrected chi connectivity index (χ4v) is 0.426. The lowest BCUT2D eigenvalue weighted by atomic mass is 10.7. The van der Waals surface area contributed by atoms with Crippen molar-refractivity contribution in [1.82, 2.24) is 10.7 Å². The summed E-state index contributed by atoms with van der Waals surface area (Å²) in [5.74, 6) is -0.205. The second-order valence-corrected chi connectivity index (χ2v) is 1.81. The summed E-state index contributed by atoms with van der Waals surface area (Å²) in [6.07, 6.45) is 0. The van der Waals surface area contributed by atoms with Crippen LogP contribution in [0.15, 0.2) is 5.10 Å². The van der Waals surface area contributed by atoms with Gasteiger partial charge in [0, 0.05) is 13.5 Å². The number of hydrogen-bond donors (Lipinski definition) is 2. The number of hydrogen-bond acceptors (Lipinski definition) is 4. The summed E-state index contributed by atoms with van der Waals surface area (Å²) in [6.45, 7) is 3.97. The topological polar surface area (TPSA) is 62.7 Å². The second-order valence-electron chi connectivity index (χ2n) is 1.81. The zero-order chi connectivity index (χ0) is 8.69. The number of ether oxygens (including phenoxy) is 1. The lowest BCUT2D eigenvalue weighted by Crippen LogP contribution is -2.31. The molecule has 0 heterocycles. The van der Waals surface area contributed by atoms with Crippen LogP contribution in [0.3, 0.4) is 0 Å². The van der Waals surface area contributed by atoms with Crippen LogP contribution in [-0.4, -0.2) is 25.6 Å². The number of nitrogens with one attached hydrogen (secondary N) is 2. The predicted octanol–water partition coefficient (Wildman–Crippen LogP) is -0.351. The molecular formula is C6H13N3O2. The maximum absolute atomic E-state index is 10.5. The van der Waals surface area contributed by atoms with Crippen LogP contribution < -0.4 is 10.7 Å². The van der Waals surface area contributed by atoms with Gasteiger partial charge in [0.15, 0.2) is 0 Å². The quantitative estimate of drug-likeness (QED) is 0.329. The van der Waals surface area contributed by atoms with Gasteiger partial charge in [-0.1, -0.05) is 0 Å². The van der Waals surface area contributed by atoms with Gasteiger partial charge < -0.3 is 10.2 Å². The Balaban J connectivity index is 3.83. The molecule has 1 amide bonds. The number of methoxy groups -OCH3 is 1. The van der Waals surface area contributed by atoms with Gasteiger partial charge in [-0.25, -0.2) is 0 Å². The van der Waals surface area contributed by atoms with Gasteiger partial charge in [0.2, 0.25) is 5.91 Å². The third kappa shape index (κ3) is 5.20. The first-order chi connectivity index (χ1) is 5.20.